The molecule has 1 aliphatic rings. The summed E-state index contributed by atoms with van der Waals surface area (Å²) in [6.45, 7) is 4.00. The summed E-state index contributed by atoms with van der Waals surface area (Å²) in [5, 5.41) is 0. The number of halogens is 1. The van der Waals surface area contributed by atoms with Crippen LogP contribution in [-0.4, -0.2) is 16.1 Å². The second kappa shape index (κ2) is 3.50. The van der Waals surface area contributed by atoms with Crippen molar-refractivity contribution in [2.45, 2.75) is 37.1 Å². The smallest absolute Gasteiger partial charge is 0.221 e. The second-order valence-electron chi connectivity index (χ2n) is 3.87. The maximum absolute atomic E-state index is 5.63. The van der Waals surface area contributed by atoms with Gasteiger partial charge in [-0.05, 0) is 26.7 Å². The molecule has 1 heterocycles. The van der Waals surface area contributed by atoms with E-state index >= 15 is 0 Å². The van der Waals surface area contributed by atoms with Gasteiger partial charge in [-0.25, -0.2) is 9.97 Å². The Morgan fingerprint density at radius 3 is 2.79 bits per heavy atom. The predicted octanol–water partition coefficient (Wildman–Crippen LogP) is 2.65. The van der Waals surface area contributed by atoms with Crippen LogP contribution >= 0.6 is 15.9 Å². The van der Waals surface area contributed by atoms with Gasteiger partial charge in [-0.2, -0.15) is 0 Å². The Labute approximate surface area is 92.0 Å². The minimum atomic E-state index is 0.0818. The van der Waals surface area contributed by atoms with Gasteiger partial charge in [-0.15, -0.1) is 0 Å². The molecule has 0 aromatic carbocycles. The molecule has 1 saturated carbocycles. The maximum Gasteiger partial charge on any atom is 0.221 e. The monoisotopic (exact) mass is 256 g/mol. The lowest BCUT2D eigenvalue weighted by Crippen LogP contribution is -2.11. The van der Waals surface area contributed by atoms with E-state index in [1.807, 2.05) is 20.0 Å². The molecule has 0 unspecified atom stereocenters. The van der Waals surface area contributed by atoms with Crippen molar-refractivity contribution in [3.05, 3.63) is 18.1 Å². The Morgan fingerprint density at radius 1 is 1.50 bits per heavy atom. The van der Waals surface area contributed by atoms with Crippen LogP contribution in [0.2, 0.25) is 0 Å². The Balaban J connectivity index is 2.29. The van der Waals surface area contributed by atoms with Gasteiger partial charge in [0.25, 0.3) is 0 Å². The summed E-state index contributed by atoms with van der Waals surface area (Å²) in [5.74, 6) is 0.712. The van der Waals surface area contributed by atoms with Crippen molar-refractivity contribution in [3.8, 4) is 5.88 Å². The molecule has 3 nitrogen and oxygen atoms in total. The van der Waals surface area contributed by atoms with E-state index in [-0.39, 0.29) is 10.4 Å². The fourth-order valence-corrected chi connectivity index (χ4v) is 1.79. The Kier molecular flexibility index (Phi) is 2.47. The molecule has 1 aromatic rings. The molecule has 0 atom stereocenters. The van der Waals surface area contributed by atoms with Crippen molar-refractivity contribution >= 4 is 15.9 Å². The Hall–Kier alpha value is -0.640. The van der Waals surface area contributed by atoms with Crippen LogP contribution in [0.3, 0.4) is 0 Å². The zero-order chi connectivity index (χ0) is 10.2. The standard InChI is InChI=1S/C10H13BrN2O/c1-7(2)14-9-8(5-12-6-13-9)10(11)3-4-10/h5-7H,3-4H2,1-2H3. The first-order valence-electron chi connectivity index (χ1n) is 4.78. The lowest BCUT2D eigenvalue weighted by molar-refractivity contribution is 0.229. The summed E-state index contributed by atoms with van der Waals surface area (Å²) in [4.78, 5) is 8.20. The number of nitrogens with zero attached hydrogens (tertiary/aromatic N) is 2. The molecule has 1 aromatic heterocycles. The van der Waals surface area contributed by atoms with Gasteiger partial charge >= 0.3 is 0 Å². The summed E-state index contributed by atoms with van der Waals surface area (Å²) < 4.78 is 5.71. The summed E-state index contributed by atoms with van der Waals surface area (Å²) in [5.41, 5.74) is 1.08. The molecule has 0 bridgehead atoms. The maximum atomic E-state index is 5.63. The minimum absolute atomic E-state index is 0.0818. The molecule has 0 amide bonds. The molecule has 0 saturated heterocycles. The van der Waals surface area contributed by atoms with Crippen LogP contribution < -0.4 is 4.74 Å². The fraction of sp³-hybridized carbons (Fsp3) is 0.600. The topological polar surface area (TPSA) is 35.0 Å². The normalized spacial score (nSPS) is 18.3. The van der Waals surface area contributed by atoms with Gasteiger partial charge in [0.15, 0.2) is 0 Å². The molecular formula is C10H13BrN2O. The highest BCUT2D eigenvalue weighted by Gasteiger charge is 2.44. The zero-order valence-electron chi connectivity index (χ0n) is 8.33. The van der Waals surface area contributed by atoms with Gasteiger partial charge in [0.05, 0.1) is 10.4 Å². The van der Waals surface area contributed by atoms with Crippen LogP contribution in [0.15, 0.2) is 12.5 Å². The average molecular weight is 257 g/mol. The summed E-state index contributed by atoms with van der Waals surface area (Å²) >= 11 is 3.68. The lowest BCUT2D eigenvalue weighted by Gasteiger charge is -2.14. The van der Waals surface area contributed by atoms with E-state index in [0.29, 0.717) is 5.88 Å². The predicted molar refractivity (Wildman–Crippen MR) is 57.6 cm³/mol. The van der Waals surface area contributed by atoms with Gasteiger partial charge in [0, 0.05) is 11.8 Å². The molecule has 1 fully saturated rings. The van der Waals surface area contributed by atoms with Crippen molar-refractivity contribution in [3.63, 3.8) is 0 Å². The van der Waals surface area contributed by atoms with E-state index in [2.05, 4.69) is 25.9 Å². The van der Waals surface area contributed by atoms with Crippen LogP contribution in [0.1, 0.15) is 32.3 Å². The lowest BCUT2D eigenvalue weighted by atomic mass is 10.2. The van der Waals surface area contributed by atoms with Crippen molar-refractivity contribution in [2.75, 3.05) is 0 Å². The van der Waals surface area contributed by atoms with Crippen LogP contribution in [-0.2, 0) is 4.32 Å². The van der Waals surface area contributed by atoms with Crippen molar-refractivity contribution < 1.29 is 4.74 Å². The van der Waals surface area contributed by atoms with E-state index < -0.39 is 0 Å². The molecule has 76 valence electrons. The molecule has 0 radical (unpaired) electrons. The summed E-state index contributed by atoms with van der Waals surface area (Å²) in [6.07, 6.45) is 5.79. The van der Waals surface area contributed by atoms with E-state index in [1.54, 1.807) is 0 Å². The molecule has 2 rings (SSSR count). The quantitative estimate of drug-likeness (QED) is 0.781. The van der Waals surface area contributed by atoms with Crippen LogP contribution in [0.4, 0.5) is 0 Å². The molecule has 0 aliphatic heterocycles. The second-order valence-corrected chi connectivity index (χ2v) is 5.39. The molecule has 4 heteroatoms. The van der Waals surface area contributed by atoms with Crippen molar-refractivity contribution in [1.82, 2.24) is 9.97 Å². The highest BCUT2D eigenvalue weighted by molar-refractivity contribution is 9.09. The fourth-order valence-electron chi connectivity index (χ4n) is 1.32. The third-order valence-electron chi connectivity index (χ3n) is 2.19. The number of hydrogen-bond acceptors (Lipinski definition) is 3. The van der Waals surface area contributed by atoms with Gasteiger partial charge in [0.2, 0.25) is 5.88 Å². The zero-order valence-corrected chi connectivity index (χ0v) is 9.91. The van der Waals surface area contributed by atoms with Gasteiger partial charge in [-0.1, -0.05) is 15.9 Å². The molecule has 14 heavy (non-hydrogen) atoms. The van der Waals surface area contributed by atoms with Gasteiger partial charge < -0.3 is 4.74 Å². The van der Waals surface area contributed by atoms with E-state index in [0.717, 1.165) is 18.4 Å². The molecular weight excluding hydrogens is 244 g/mol. The van der Waals surface area contributed by atoms with Crippen LogP contribution in [0.25, 0.3) is 0 Å². The molecule has 1 aliphatic carbocycles. The van der Waals surface area contributed by atoms with E-state index in [1.165, 1.54) is 6.33 Å². The molecule has 0 N–H and O–H groups in total. The first kappa shape index (κ1) is 9.90. The Bertz CT molecular complexity index is 337. The third-order valence-corrected chi connectivity index (χ3v) is 3.41. The largest absolute Gasteiger partial charge is 0.475 e. The summed E-state index contributed by atoms with van der Waals surface area (Å²) in [7, 11) is 0. The Morgan fingerprint density at radius 2 is 2.21 bits per heavy atom. The number of rotatable bonds is 3. The van der Waals surface area contributed by atoms with E-state index in [9.17, 15) is 0 Å². The van der Waals surface area contributed by atoms with Crippen LogP contribution in [0.5, 0.6) is 5.88 Å². The first-order valence-corrected chi connectivity index (χ1v) is 5.57. The van der Waals surface area contributed by atoms with E-state index in [4.69, 9.17) is 4.74 Å². The minimum Gasteiger partial charge on any atom is -0.475 e. The highest BCUT2D eigenvalue weighted by atomic mass is 79.9. The van der Waals surface area contributed by atoms with Gasteiger partial charge in [0.1, 0.15) is 6.33 Å². The summed E-state index contributed by atoms with van der Waals surface area (Å²) in [6, 6.07) is 0. The number of ether oxygens (including phenoxy) is 1. The highest BCUT2D eigenvalue weighted by Crippen LogP contribution is 2.55. The van der Waals surface area contributed by atoms with Crippen LogP contribution in [0, 0.1) is 0 Å². The average Bonchev–Trinajstić information content (AvgIpc) is 2.84. The third kappa shape index (κ3) is 1.90. The van der Waals surface area contributed by atoms with Crippen molar-refractivity contribution in [2.24, 2.45) is 0 Å². The number of alkyl halides is 1. The van der Waals surface area contributed by atoms with Crippen molar-refractivity contribution in [1.29, 1.82) is 0 Å². The number of hydrogen-bond donors (Lipinski definition) is 0. The van der Waals surface area contributed by atoms with Gasteiger partial charge in [-0.3, -0.25) is 0 Å². The number of aromatic nitrogens is 2. The molecule has 0 spiro atoms. The SMILES string of the molecule is CC(C)Oc1ncncc1C1(Br)CC1. The first-order chi connectivity index (χ1) is 6.62.